The van der Waals surface area contributed by atoms with Gasteiger partial charge in [-0.3, -0.25) is 9.89 Å². The number of hydrogen-bond acceptors (Lipinski definition) is 4. The van der Waals surface area contributed by atoms with Crippen LogP contribution in [0.2, 0.25) is 0 Å². The van der Waals surface area contributed by atoms with E-state index < -0.39 is 0 Å². The summed E-state index contributed by atoms with van der Waals surface area (Å²) in [6.45, 7) is 6.01. The number of carbonyl (C=O) groups excluding carboxylic acids is 1. The van der Waals surface area contributed by atoms with Gasteiger partial charge in [-0.15, -0.1) is 11.3 Å². The third-order valence-electron chi connectivity index (χ3n) is 3.59. The molecule has 0 saturated carbocycles. The van der Waals surface area contributed by atoms with Crippen LogP contribution in [0.25, 0.3) is 10.9 Å². The van der Waals surface area contributed by atoms with Crippen LogP contribution in [-0.4, -0.2) is 21.1 Å². The minimum absolute atomic E-state index is 0.114. The lowest BCUT2D eigenvalue weighted by molar-refractivity contribution is 0.103. The van der Waals surface area contributed by atoms with Gasteiger partial charge in [-0.05, 0) is 38.3 Å². The SMILES string of the molecule is CCCc1nc(C)c(C(=O)Nc2ccc(C)c3cn[nH]c23)s1. The Balaban J connectivity index is 1.90. The smallest absolute Gasteiger partial charge is 0.267 e. The van der Waals surface area contributed by atoms with Crippen molar-refractivity contribution in [2.24, 2.45) is 0 Å². The van der Waals surface area contributed by atoms with E-state index in [0.717, 1.165) is 45.7 Å². The first kappa shape index (κ1) is 14.7. The fourth-order valence-corrected chi connectivity index (χ4v) is 3.50. The second kappa shape index (κ2) is 5.88. The molecule has 0 atom stereocenters. The molecule has 5 nitrogen and oxygen atoms in total. The molecule has 6 heteroatoms. The van der Waals surface area contributed by atoms with Crippen molar-refractivity contribution < 1.29 is 4.79 Å². The summed E-state index contributed by atoms with van der Waals surface area (Å²) in [5.74, 6) is -0.114. The van der Waals surface area contributed by atoms with Gasteiger partial charge in [0.15, 0.2) is 0 Å². The van der Waals surface area contributed by atoms with E-state index in [0.29, 0.717) is 4.88 Å². The number of nitrogens with zero attached hydrogens (tertiary/aromatic N) is 2. The number of aromatic amines is 1. The van der Waals surface area contributed by atoms with Crippen molar-refractivity contribution in [1.82, 2.24) is 15.2 Å². The van der Waals surface area contributed by atoms with E-state index in [2.05, 4.69) is 27.4 Å². The number of nitrogens with one attached hydrogen (secondary N) is 2. The quantitative estimate of drug-likeness (QED) is 0.768. The lowest BCUT2D eigenvalue weighted by atomic mass is 10.1. The Bertz CT molecular complexity index is 834. The molecule has 0 spiro atoms. The molecule has 3 rings (SSSR count). The van der Waals surface area contributed by atoms with Crippen LogP contribution in [0.4, 0.5) is 5.69 Å². The van der Waals surface area contributed by atoms with Gasteiger partial charge in [-0.1, -0.05) is 13.0 Å². The Hall–Kier alpha value is -2.21. The number of thiazole rings is 1. The van der Waals surface area contributed by atoms with E-state index in [1.165, 1.54) is 11.3 Å². The lowest BCUT2D eigenvalue weighted by Gasteiger charge is -2.06. The number of benzene rings is 1. The van der Waals surface area contributed by atoms with Crippen molar-refractivity contribution >= 4 is 33.8 Å². The van der Waals surface area contributed by atoms with Crippen LogP contribution < -0.4 is 5.32 Å². The van der Waals surface area contributed by atoms with Gasteiger partial charge in [0.2, 0.25) is 0 Å². The molecule has 22 heavy (non-hydrogen) atoms. The molecule has 0 aliphatic carbocycles. The summed E-state index contributed by atoms with van der Waals surface area (Å²) in [7, 11) is 0. The fraction of sp³-hybridized carbons (Fsp3) is 0.312. The topological polar surface area (TPSA) is 70.7 Å². The van der Waals surface area contributed by atoms with E-state index in [9.17, 15) is 4.79 Å². The first-order chi connectivity index (χ1) is 10.6. The normalized spacial score (nSPS) is 11.0. The summed E-state index contributed by atoms with van der Waals surface area (Å²) in [4.78, 5) is 17.7. The molecule has 0 radical (unpaired) electrons. The highest BCUT2D eigenvalue weighted by atomic mass is 32.1. The van der Waals surface area contributed by atoms with E-state index in [4.69, 9.17) is 0 Å². The molecule has 2 aromatic heterocycles. The zero-order valence-electron chi connectivity index (χ0n) is 12.9. The van der Waals surface area contributed by atoms with Crippen molar-refractivity contribution in [3.63, 3.8) is 0 Å². The summed E-state index contributed by atoms with van der Waals surface area (Å²) < 4.78 is 0. The van der Waals surface area contributed by atoms with Crippen LogP contribution in [0.15, 0.2) is 18.3 Å². The third kappa shape index (κ3) is 2.62. The molecular formula is C16H18N4OS. The number of rotatable bonds is 4. The van der Waals surface area contributed by atoms with Crippen LogP contribution >= 0.6 is 11.3 Å². The highest BCUT2D eigenvalue weighted by molar-refractivity contribution is 7.13. The van der Waals surface area contributed by atoms with Gasteiger partial charge in [-0.25, -0.2) is 4.98 Å². The lowest BCUT2D eigenvalue weighted by Crippen LogP contribution is -2.12. The maximum atomic E-state index is 12.5. The molecular weight excluding hydrogens is 296 g/mol. The minimum Gasteiger partial charge on any atom is -0.319 e. The maximum Gasteiger partial charge on any atom is 0.267 e. The number of amides is 1. The molecule has 0 aliphatic heterocycles. The Morgan fingerprint density at radius 1 is 1.36 bits per heavy atom. The standard InChI is InChI=1S/C16H18N4OS/c1-4-5-13-18-10(3)15(22-13)16(21)19-12-7-6-9(2)11-8-17-20-14(11)12/h6-8H,4-5H2,1-3H3,(H,17,20)(H,19,21). The second-order valence-corrected chi connectivity index (χ2v) is 6.40. The highest BCUT2D eigenvalue weighted by Gasteiger charge is 2.16. The van der Waals surface area contributed by atoms with Gasteiger partial charge in [-0.2, -0.15) is 5.10 Å². The minimum atomic E-state index is -0.114. The average Bonchev–Trinajstić information content (AvgIpc) is 3.10. The van der Waals surface area contributed by atoms with Crippen LogP contribution in [0, 0.1) is 13.8 Å². The van der Waals surface area contributed by atoms with Gasteiger partial charge < -0.3 is 5.32 Å². The summed E-state index contributed by atoms with van der Waals surface area (Å²) in [6, 6.07) is 3.88. The van der Waals surface area contributed by atoms with Gasteiger partial charge in [0.05, 0.1) is 28.1 Å². The van der Waals surface area contributed by atoms with Crippen molar-refractivity contribution in [3.8, 4) is 0 Å². The zero-order chi connectivity index (χ0) is 15.7. The van der Waals surface area contributed by atoms with Crippen LogP contribution in [0.1, 0.15) is 39.3 Å². The molecule has 2 heterocycles. The number of aromatic nitrogens is 3. The second-order valence-electron chi connectivity index (χ2n) is 5.31. The number of fused-ring (bicyclic) bond motifs is 1. The van der Waals surface area contributed by atoms with E-state index >= 15 is 0 Å². The third-order valence-corrected chi connectivity index (χ3v) is 4.81. The Kier molecular flexibility index (Phi) is 3.94. The summed E-state index contributed by atoms with van der Waals surface area (Å²) >= 11 is 1.47. The van der Waals surface area contributed by atoms with Crippen LogP contribution in [0.3, 0.4) is 0 Å². The largest absolute Gasteiger partial charge is 0.319 e. The Morgan fingerprint density at radius 2 is 2.18 bits per heavy atom. The average molecular weight is 314 g/mol. The molecule has 2 N–H and O–H groups in total. The van der Waals surface area contributed by atoms with E-state index in [-0.39, 0.29) is 5.91 Å². The number of H-pyrrole nitrogens is 1. The molecule has 1 aromatic carbocycles. The van der Waals surface area contributed by atoms with Gasteiger partial charge in [0.1, 0.15) is 4.88 Å². The Labute approximate surface area is 132 Å². The highest BCUT2D eigenvalue weighted by Crippen LogP contribution is 2.26. The maximum absolute atomic E-state index is 12.5. The first-order valence-electron chi connectivity index (χ1n) is 7.30. The molecule has 1 amide bonds. The number of aryl methyl sites for hydroxylation is 3. The van der Waals surface area contributed by atoms with E-state index in [1.807, 2.05) is 26.0 Å². The molecule has 0 aliphatic rings. The summed E-state index contributed by atoms with van der Waals surface area (Å²) in [5.41, 5.74) is 3.51. The number of anilines is 1. The molecule has 0 unspecified atom stereocenters. The molecule has 114 valence electrons. The predicted octanol–water partition coefficient (Wildman–Crippen LogP) is 3.84. The van der Waals surface area contributed by atoms with Crippen molar-refractivity contribution in [2.45, 2.75) is 33.6 Å². The zero-order valence-corrected chi connectivity index (χ0v) is 13.7. The molecule has 0 fully saturated rings. The fourth-order valence-electron chi connectivity index (χ4n) is 2.44. The van der Waals surface area contributed by atoms with Crippen molar-refractivity contribution in [1.29, 1.82) is 0 Å². The van der Waals surface area contributed by atoms with E-state index in [1.54, 1.807) is 6.20 Å². The molecule has 3 aromatic rings. The number of hydrogen-bond donors (Lipinski definition) is 2. The Morgan fingerprint density at radius 3 is 2.95 bits per heavy atom. The van der Waals surface area contributed by atoms with Gasteiger partial charge >= 0.3 is 0 Å². The van der Waals surface area contributed by atoms with Gasteiger partial charge in [0, 0.05) is 5.39 Å². The molecule has 0 saturated heterocycles. The van der Waals surface area contributed by atoms with Crippen LogP contribution in [-0.2, 0) is 6.42 Å². The van der Waals surface area contributed by atoms with Crippen molar-refractivity contribution in [2.75, 3.05) is 5.32 Å². The number of carbonyl (C=O) groups is 1. The first-order valence-corrected chi connectivity index (χ1v) is 8.12. The summed E-state index contributed by atoms with van der Waals surface area (Å²) in [5, 5.41) is 12.0. The predicted molar refractivity (Wildman–Crippen MR) is 89.6 cm³/mol. The van der Waals surface area contributed by atoms with Gasteiger partial charge in [0.25, 0.3) is 5.91 Å². The molecule has 0 bridgehead atoms. The van der Waals surface area contributed by atoms with Crippen molar-refractivity contribution in [3.05, 3.63) is 39.5 Å². The summed E-state index contributed by atoms with van der Waals surface area (Å²) in [6.07, 6.45) is 3.71. The monoisotopic (exact) mass is 314 g/mol. The van der Waals surface area contributed by atoms with Crippen LogP contribution in [0.5, 0.6) is 0 Å².